The molecule has 82 heavy (non-hydrogen) atoms. The molecule has 9 unspecified atom stereocenters. The Labute approximate surface area is 475 Å². The molecule has 3 fully saturated rings. The summed E-state index contributed by atoms with van der Waals surface area (Å²) in [5.74, 6) is -5.82. The number of aliphatic hydroxyl groups is 7. The minimum Gasteiger partial charge on any atom is -0.462 e. The van der Waals surface area contributed by atoms with E-state index in [1.54, 1.807) is 27.7 Å². The van der Waals surface area contributed by atoms with E-state index in [1.807, 2.05) is 0 Å². The van der Waals surface area contributed by atoms with Crippen molar-refractivity contribution in [1.82, 2.24) is 16.0 Å². The summed E-state index contributed by atoms with van der Waals surface area (Å²) in [6, 6.07) is -3.51. The molecule has 3 heterocycles. The van der Waals surface area contributed by atoms with E-state index in [-0.39, 0.29) is 64.5 Å². The van der Waals surface area contributed by atoms with Crippen molar-refractivity contribution >= 4 is 52.0 Å². The second kappa shape index (κ2) is 35.8. The molecule has 3 aliphatic heterocycles. The zero-order valence-electron chi connectivity index (χ0n) is 47.1. The van der Waals surface area contributed by atoms with Gasteiger partial charge >= 0.3 is 34.3 Å². The number of nitrogens with one attached hydrogen (secondary N) is 3. The van der Waals surface area contributed by atoms with E-state index >= 15 is 0 Å². The summed E-state index contributed by atoms with van der Waals surface area (Å²) in [4.78, 5) is 91.8. The molecule has 0 aromatic rings. The molecular formula is C50H85N3O28S. The van der Waals surface area contributed by atoms with E-state index in [0.29, 0.717) is 0 Å². The molecule has 31 nitrogen and oxygen atoms in total. The lowest BCUT2D eigenvalue weighted by atomic mass is 9.95. The maximum Gasteiger partial charge on any atom is 0.397 e. The first-order chi connectivity index (χ1) is 38.7. The molecule has 3 rings (SSSR count). The lowest BCUT2D eigenvalue weighted by Gasteiger charge is -2.46. The highest BCUT2D eigenvalue weighted by Crippen LogP contribution is 2.32. The average Bonchev–Trinajstić information content (AvgIpc) is 3.63. The Bertz CT molecular complexity index is 2130. The van der Waals surface area contributed by atoms with Crippen molar-refractivity contribution in [2.75, 3.05) is 33.0 Å². The third kappa shape index (κ3) is 23.6. The Hall–Kier alpha value is -4.36. The van der Waals surface area contributed by atoms with Crippen LogP contribution >= 0.6 is 0 Å². The van der Waals surface area contributed by atoms with E-state index in [9.17, 15) is 82.3 Å². The summed E-state index contributed by atoms with van der Waals surface area (Å²) in [7, 11) is -5.47. The van der Waals surface area contributed by atoms with Crippen LogP contribution in [0.2, 0.25) is 0 Å². The topological polar surface area (TPSA) is 453 Å². The fourth-order valence-electron chi connectivity index (χ4n) is 8.51. The van der Waals surface area contributed by atoms with Crippen molar-refractivity contribution < 1.29 is 134 Å². The first kappa shape index (κ1) is 71.9. The first-order valence-corrected chi connectivity index (χ1v) is 28.9. The number of carbonyl (C=O) groups excluding carboxylic acids is 7. The molecule has 3 aliphatic rings. The van der Waals surface area contributed by atoms with Crippen LogP contribution in [0.5, 0.6) is 0 Å². The minimum absolute atomic E-state index is 0.00915. The first-order valence-electron chi connectivity index (χ1n) is 27.5. The van der Waals surface area contributed by atoms with Crippen LogP contribution in [0.15, 0.2) is 0 Å². The predicted octanol–water partition coefficient (Wildman–Crippen LogP) is -2.89. The lowest BCUT2D eigenvalue weighted by Crippen LogP contribution is -2.68. The van der Waals surface area contributed by atoms with Crippen molar-refractivity contribution in [1.29, 1.82) is 0 Å². The number of hydrogen-bond donors (Lipinski definition) is 11. The molecule has 0 aromatic carbocycles. The normalized spacial score (nSPS) is 29.9. The summed E-state index contributed by atoms with van der Waals surface area (Å²) in [6.07, 6.45) is -28.4. The summed E-state index contributed by atoms with van der Waals surface area (Å²) < 4.78 is 96.4. The summed E-state index contributed by atoms with van der Waals surface area (Å²) in [5, 5.41) is 81.3. The maximum absolute atomic E-state index is 13.8. The Morgan fingerprint density at radius 1 is 0.561 bits per heavy atom. The second-order valence-electron chi connectivity index (χ2n) is 19.7. The van der Waals surface area contributed by atoms with E-state index in [2.05, 4.69) is 16.0 Å². The molecule has 3 saturated heterocycles. The monoisotopic (exact) mass is 1210 g/mol. The van der Waals surface area contributed by atoms with Gasteiger partial charge in [-0.2, -0.15) is 8.42 Å². The van der Waals surface area contributed by atoms with E-state index in [1.165, 1.54) is 20.8 Å². The highest BCUT2D eigenvalue weighted by atomic mass is 32.3. The molecule has 3 amide bonds. The van der Waals surface area contributed by atoms with Gasteiger partial charge in [0.1, 0.15) is 67.0 Å². The van der Waals surface area contributed by atoms with Gasteiger partial charge in [-0.1, -0.05) is 41.5 Å². The molecule has 0 aromatic heterocycles. The number of amides is 3. The Morgan fingerprint density at radius 2 is 1.06 bits per heavy atom. The van der Waals surface area contributed by atoms with Gasteiger partial charge in [-0.25, -0.2) is 4.18 Å². The van der Waals surface area contributed by atoms with Crippen molar-refractivity contribution in [3.05, 3.63) is 0 Å². The van der Waals surface area contributed by atoms with E-state index in [4.69, 9.17) is 51.6 Å². The zero-order valence-corrected chi connectivity index (χ0v) is 48.0. The van der Waals surface area contributed by atoms with Crippen LogP contribution in [0.3, 0.4) is 0 Å². The Kier molecular flexibility index (Phi) is 31.4. The van der Waals surface area contributed by atoms with Crippen LogP contribution in [0.1, 0.15) is 126 Å². The smallest absolute Gasteiger partial charge is 0.397 e. The van der Waals surface area contributed by atoms with E-state index in [0.717, 1.165) is 0 Å². The molecule has 32 heteroatoms. The van der Waals surface area contributed by atoms with Gasteiger partial charge in [0.05, 0.1) is 70.4 Å². The molecule has 0 saturated carbocycles. The zero-order chi connectivity index (χ0) is 61.4. The highest BCUT2D eigenvalue weighted by molar-refractivity contribution is 7.80. The highest BCUT2D eigenvalue weighted by Gasteiger charge is 2.54. The van der Waals surface area contributed by atoms with Gasteiger partial charge in [-0.15, -0.1) is 0 Å². The van der Waals surface area contributed by atoms with Gasteiger partial charge in [-0.3, -0.25) is 38.1 Å². The Balaban J connectivity index is 2.03. The van der Waals surface area contributed by atoms with Crippen LogP contribution in [0, 0.1) is 0 Å². The van der Waals surface area contributed by atoms with Gasteiger partial charge in [0.2, 0.25) is 17.7 Å². The number of aliphatic hydroxyl groups excluding tert-OH is 7. The molecule has 0 radical (unpaired) electrons. The largest absolute Gasteiger partial charge is 0.462 e. The summed E-state index contributed by atoms with van der Waals surface area (Å²) >= 11 is 0. The molecule has 474 valence electrons. The fraction of sp³-hybridized carbons (Fsp3) is 0.860. The third-order valence-electron chi connectivity index (χ3n) is 13.4. The molecule has 0 bridgehead atoms. The van der Waals surface area contributed by atoms with Gasteiger partial charge < -0.3 is 99.1 Å². The maximum atomic E-state index is 13.8. The van der Waals surface area contributed by atoms with Gasteiger partial charge in [0.25, 0.3) is 0 Å². The summed E-state index contributed by atoms with van der Waals surface area (Å²) in [5.41, 5.74) is 0. The van der Waals surface area contributed by atoms with Crippen molar-refractivity contribution in [2.45, 2.75) is 242 Å². The minimum atomic E-state index is -5.47. The fourth-order valence-corrected chi connectivity index (χ4v) is 9.03. The number of hydrogen-bond acceptors (Lipinski definition) is 27. The van der Waals surface area contributed by atoms with Crippen molar-refractivity contribution in [3.8, 4) is 0 Å². The van der Waals surface area contributed by atoms with Crippen molar-refractivity contribution in [2.24, 2.45) is 0 Å². The van der Waals surface area contributed by atoms with Crippen LogP contribution in [-0.2, 0) is 95.5 Å². The number of esters is 4. The second-order valence-corrected chi connectivity index (χ2v) is 20.8. The van der Waals surface area contributed by atoms with E-state index < -0.39 is 214 Å². The summed E-state index contributed by atoms with van der Waals surface area (Å²) in [6.45, 7) is 8.11. The molecule has 19 atom stereocenters. The number of ether oxygens (including phenoxy) is 10. The molecular weight excluding hydrogens is 1120 g/mol. The van der Waals surface area contributed by atoms with Gasteiger partial charge in [0.15, 0.2) is 31.1 Å². The average molecular weight is 1210 g/mol. The molecule has 0 aliphatic carbocycles. The predicted molar refractivity (Wildman–Crippen MR) is 275 cm³/mol. The van der Waals surface area contributed by atoms with Crippen LogP contribution < -0.4 is 16.0 Å². The SMILES string of the molecule is CCC(=O)O[C@H](CC)CC(=O)NC1C(OC(=O)C[C@H](O)CC)[C@H](O)C(CO[C@@H]2OC(CO)[C@@H](OS(=O)(=O)O)C(OC(=O)C[C@H](O)CC)C2NC(=O)C[C@@H](CC)OC(=O)CC)O[C@H]1OCCNC(=O)CCCO[C@H]1OC(C)[C@H](O)C(O)C1O. The Morgan fingerprint density at radius 3 is 1.56 bits per heavy atom. The standard InChI is InChI=1S/C50H85N3O28S/c1-8-26(55)19-37(62)79-46-39(52-33(58)21-28(10-3)75-35(60)12-5)48(72-18-16-51-32(57)15-14-17-71-50-44(67)43(66)41(64)25(7)74-50)78-31(42(46)65)24-73-49-40(53-34(59)22-29(11-4)76-36(61)13-6)47(80-38(63)20-27(56)9-2)45(30(23-54)77-49)81-82(68,69)70/h25-31,39-50,54-56,64-67H,8-24H2,1-7H3,(H,51,57)(H,52,58)(H,53,59)(H,68,69,70)/t25?,26-,27-,28-,29-,30?,31?,39?,40?,41+,42-,43?,44?,45-,46?,47?,48-,49-,50+/m1/s1. The lowest BCUT2D eigenvalue weighted by molar-refractivity contribution is -0.303. The van der Waals surface area contributed by atoms with Crippen LogP contribution in [-0.4, -0.2) is 240 Å². The number of rotatable bonds is 35. The number of carbonyl (C=O) groups is 7. The van der Waals surface area contributed by atoms with Gasteiger partial charge in [-0.05, 0) is 39.0 Å². The third-order valence-corrected chi connectivity index (χ3v) is 13.8. The van der Waals surface area contributed by atoms with Crippen molar-refractivity contribution in [3.63, 3.8) is 0 Å². The van der Waals surface area contributed by atoms with Gasteiger partial charge in [0, 0.05) is 25.8 Å². The molecule has 0 spiro atoms. The quantitative estimate of drug-likeness (QED) is 0.0131. The van der Waals surface area contributed by atoms with Crippen LogP contribution in [0.4, 0.5) is 0 Å². The van der Waals surface area contributed by atoms with Crippen LogP contribution in [0.25, 0.3) is 0 Å². The molecule has 11 N–H and O–H groups in total.